The molecule has 0 fully saturated rings. The second-order valence-corrected chi connectivity index (χ2v) is 8.96. The summed E-state index contributed by atoms with van der Waals surface area (Å²) in [5, 5.41) is 0. The first kappa shape index (κ1) is 34.4. The Balaban J connectivity index is 0. The van der Waals surface area contributed by atoms with Gasteiger partial charge in [0.2, 0.25) is 0 Å². The molecule has 0 aliphatic carbocycles. The minimum Gasteiger partial charge on any atom is -0.748 e. The molecule has 0 aromatic heterocycles. The van der Waals surface area contributed by atoms with Gasteiger partial charge in [0.1, 0.15) is 12.3 Å². The van der Waals surface area contributed by atoms with E-state index in [2.05, 4.69) is 27.7 Å². The van der Waals surface area contributed by atoms with Crippen LogP contribution < -0.4 is 0 Å². The van der Waals surface area contributed by atoms with Crippen LogP contribution in [0.15, 0.2) is 0 Å². The maximum atomic E-state index is 13.3. The second-order valence-electron chi connectivity index (χ2n) is 7.51. The second kappa shape index (κ2) is 16.0. The van der Waals surface area contributed by atoms with E-state index in [1.807, 2.05) is 0 Å². The van der Waals surface area contributed by atoms with Crippen molar-refractivity contribution in [3.05, 3.63) is 0 Å². The van der Waals surface area contributed by atoms with Gasteiger partial charge in [-0.3, -0.25) is 4.39 Å². The molecule has 8 unspecified atom stereocenters. The number of halogens is 9. The molecular formula is C19H34F9NO3S. The number of hydrogen-bond donors (Lipinski definition) is 0. The van der Waals surface area contributed by atoms with E-state index >= 15 is 0 Å². The van der Waals surface area contributed by atoms with E-state index < -0.39 is 78.3 Å². The molecule has 8 atom stereocenters. The Hall–Kier alpha value is -0.760. The Morgan fingerprint density at radius 3 is 1.18 bits per heavy atom. The number of alkyl halides is 9. The van der Waals surface area contributed by atoms with Gasteiger partial charge in [-0.15, -0.1) is 0 Å². The molecule has 33 heavy (non-hydrogen) atoms. The molecule has 0 spiro atoms. The predicted molar refractivity (Wildman–Crippen MR) is 107 cm³/mol. The summed E-state index contributed by atoms with van der Waals surface area (Å²) in [7, 11) is -5.36. The van der Waals surface area contributed by atoms with E-state index in [1.54, 1.807) is 0 Å². The van der Waals surface area contributed by atoms with Gasteiger partial charge in [0, 0.05) is 6.42 Å². The van der Waals surface area contributed by atoms with Gasteiger partial charge in [-0.1, -0.05) is 0 Å². The van der Waals surface area contributed by atoms with Crippen molar-refractivity contribution in [2.24, 2.45) is 0 Å². The lowest BCUT2D eigenvalue weighted by molar-refractivity contribution is -0.921. The van der Waals surface area contributed by atoms with Crippen LogP contribution in [0.25, 0.3) is 0 Å². The highest BCUT2D eigenvalue weighted by Crippen LogP contribution is 2.28. The molecule has 0 saturated carbocycles. The van der Waals surface area contributed by atoms with Gasteiger partial charge < -0.3 is 9.04 Å². The summed E-state index contributed by atoms with van der Waals surface area (Å²) in [6.45, 7) is 12.8. The van der Waals surface area contributed by atoms with E-state index in [0.717, 1.165) is 0 Å². The zero-order valence-corrected chi connectivity index (χ0v) is 19.9. The van der Waals surface area contributed by atoms with Crippen molar-refractivity contribution in [1.82, 2.24) is 0 Å². The number of quaternary nitrogens is 1. The number of hydrogen-bond acceptors (Lipinski definition) is 3. The topological polar surface area (TPSA) is 57.2 Å². The molecule has 0 aromatic rings. The van der Waals surface area contributed by atoms with Crippen LogP contribution in [0.5, 0.6) is 0 Å². The van der Waals surface area contributed by atoms with Crippen molar-refractivity contribution in [3.63, 3.8) is 0 Å². The third-order valence-electron chi connectivity index (χ3n) is 5.64. The predicted octanol–water partition coefficient (Wildman–Crippen LogP) is 4.48. The Bertz CT molecular complexity index is 596. The molecule has 0 aliphatic rings. The lowest BCUT2D eigenvalue weighted by Crippen LogP contribution is -2.47. The summed E-state index contributed by atoms with van der Waals surface area (Å²) in [5.41, 5.74) is 0. The molecule has 0 aromatic carbocycles. The summed E-state index contributed by atoms with van der Waals surface area (Å²) in [4.78, 5) is 0. The normalized spacial score (nSPS) is 19.9. The van der Waals surface area contributed by atoms with E-state index in [9.17, 15) is 52.5 Å². The van der Waals surface area contributed by atoms with Gasteiger partial charge in [0.25, 0.3) is 0 Å². The molecular weight excluding hydrogens is 493 g/mol. The number of nitrogens with zero attached hydrogens (tertiary/aromatic N) is 1. The monoisotopic (exact) mass is 527 g/mol. The van der Waals surface area contributed by atoms with E-state index in [0.29, 0.717) is 0 Å². The smallest absolute Gasteiger partial charge is 0.168 e. The van der Waals surface area contributed by atoms with E-state index in [-0.39, 0.29) is 0 Å². The lowest BCUT2D eigenvalue weighted by Gasteiger charge is -2.34. The highest BCUT2D eigenvalue weighted by molar-refractivity contribution is 7.85. The molecule has 14 heteroatoms. The van der Waals surface area contributed by atoms with Crippen LogP contribution in [-0.4, -0.2) is 105 Å². The summed E-state index contributed by atoms with van der Waals surface area (Å²) >= 11 is 0. The van der Waals surface area contributed by atoms with Crippen LogP contribution in [0.4, 0.5) is 39.5 Å². The SMILES string of the molecule is CC[N+](CC)(CC)CC.O=S(=O)([O-])CC(F)C(F)C(F)C(F)C(F)C(F)C(F)C(F)CCF. The summed E-state index contributed by atoms with van der Waals surface area (Å²) in [6.07, 6.45) is -29.5. The zero-order valence-electron chi connectivity index (χ0n) is 19.1. The van der Waals surface area contributed by atoms with Crippen LogP contribution in [0, 0.1) is 0 Å². The zero-order chi connectivity index (χ0) is 26.6. The average Bonchev–Trinajstić information content (AvgIpc) is 2.77. The molecule has 0 rings (SSSR count). The minimum atomic E-state index is -5.36. The van der Waals surface area contributed by atoms with Crippen molar-refractivity contribution in [2.75, 3.05) is 38.6 Å². The fourth-order valence-electron chi connectivity index (χ4n) is 2.99. The maximum absolute atomic E-state index is 13.3. The first-order valence-electron chi connectivity index (χ1n) is 10.5. The molecule has 0 aliphatic heterocycles. The van der Waals surface area contributed by atoms with Gasteiger partial charge in [-0.2, -0.15) is 0 Å². The van der Waals surface area contributed by atoms with Gasteiger partial charge >= 0.3 is 0 Å². The molecule has 202 valence electrons. The Kier molecular flexibility index (Phi) is 16.7. The Morgan fingerprint density at radius 1 is 0.636 bits per heavy atom. The van der Waals surface area contributed by atoms with Crippen LogP contribution in [-0.2, 0) is 10.1 Å². The van der Waals surface area contributed by atoms with Crippen LogP contribution in [0.3, 0.4) is 0 Å². The quantitative estimate of drug-likeness (QED) is 0.179. The number of rotatable bonds is 15. The van der Waals surface area contributed by atoms with Gasteiger partial charge in [0.05, 0.1) is 48.7 Å². The standard InChI is InChI=1S/C11H15F9O3S.C8H20N/c12-2-1-4(13)6(15)8(17)10(19)11(20)9(18)7(16)5(14)3-24(21,22)23;1-5-9(6-2,7-3)8-4/h4-11H,1-3H2,(H,21,22,23);5-8H2,1-4H3/q;+1/p-1. The third-order valence-corrected chi connectivity index (χ3v) is 6.37. The van der Waals surface area contributed by atoms with Crippen LogP contribution in [0.1, 0.15) is 34.1 Å². The highest BCUT2D eigenvalue weighted by atomic mass is 32.2. The van der Waals surface area contributed by atoms with Crippen molar-refractivity contribution in [3.8, 4) is 0 Å². The summed E-state index contributed by atoms with van der Waals surface area (Å²) in [6, 6.07) is 0. The fraction of sp³-hybridized carbons (Fsp3) is 1.00. The van der Waals surface area contributed by atoms with Crippen molar-refractivity contribution in [2.45, 2.75) is 83.5 Å². The average molecular weight is 528 g/mol. The molecule has 0 bridgehead atoms. The van der Waals surface area contributed by atoms with Crippen molar-refractivity contribution in [1.29, 1.82) is 0 Å². The highest BCUT2D eigenvalue weighted by Gasteiger charge is 2.47. The first-order chi connectivity index (χ1) is 15.1. The van der Waals surface area contributed by atoms with E-state index in [1.165, 1.54) is 30.7 Å². The molecule has 0 saturated heterocycles. The van der Waals surface area contributed by atoms with Crippen LogP contribution in [0.2, 0.25) is 0 Å². The molecule has 0 heterocycles. The van der Waals surface area contributed by atoms with Crippen molar-refractivity contribution >= 4 is 10.1 Å². The molecule has 4 nitrogen and oxygen atoms in total. The van der Waals surface area contributed by atoms with Gasteiger partial charge in [-0.05, 0) is 27.7 Å². The van der Waals surface area contributed by atoms with Gasteiger partial charge in [0.15, 0.2) is 37.0 Å². The molecule has 0 radical (unpaired) electrons. The Labute approximate surface area is 189 Å². The largest absolute Gasteiger partial charge is 0.748 e. The minimum absolute atomic E-state index is 1.19. The third kappa shape index (κ3) is 12.0. The summed E-state index contributed by atoms with van der Waals surface area (Å²) in [5.74, 6) is -2.09. The fourth-order valence-corrected chi connectivity index (χ4v) is 3.57. The van der Waals surface area contributed by atoms with Crippen molar-refractivity contribution < 1.29 is 57.0 Å². The van der Waals surface area contributed by atoms with E-state index in [4.69, 9.17) is 0 Å². The molecule has 0 N–H and O–H groups in total. The van der Waals surface area contributed by atoms with Crippen LogP contribution >= 0.6 is 0 Å². The first-order valence-corrected chi connectivity index (χ1v) is 12.1. The molecule has 0 amide bonds. The lowest BCUT2D eigenvalue weighted by atomic mass is 9.97. The summed E-state index contributed by atoms with van der Waals surface area (Å²) < 4.78 is 149. The maximum Gasteiger partial charge on any atom is 0.168 e. The van der Waals surface area contributed by atoms with Gasteiger partial charge in [-0.25, -0.2) is 43.5 Å². The Morgan fingerprint density at radius 2 is 0.939 bits per heavy atom.